The van der Waals surface area contributed by atoms with E-state index in [0.717, 1.165) is 27.7 Å². The van der Waals surface area contributed by atoms with Gasteiger partial charge >= 0.3 is 0 Å². The largest absolute Gasteiger partial charge is 0.345 e. The monoisotopic (exact) mass is 433 g/mol. The zero-order valence-electron chi connectivity index (χ0n) is 16.1. The van der Waals surface area contributed by atoms with E-state index in [1.807, 2.05) is 12.3 Å². The van der Waals surface area contributed by atoms with E-state index in [0.29, 0.717) is 36.1 Å². The standard InChI is InChI=1S/C20H21Cl2N5O2/c1-3-16(28)25-11(2)20(29)26-6-7-27-15(10-26)17(12-8-23-24-9-12)13-4-5-14(21)18(22)19(13)27/h4-5,8-9,11H,3,6-7,10H2,1-2H3,(H,23,24)(H,25,28). The number of rotatable bonds is 4. The molecule has 0 fully saturated rings. The van der Waals surface area contributed by atoms with Crippen LogP contribution in [0.3, 0.4) is 0 Å². The molecule has 7 nitrogen and oxygen atoms in total. The van der Waals surface area contributed by atoms with Crippen molar-refractivity contribution in [2.24, 2.45) is 0 Å². The molecule has 3 heterocycles. The van der Waals surface area contributed by atoms with E-state index in [9.17, 15) is 9.59 Å². The summed E-state index contributed by atoms with van der Waals surface area (Å²) in [6, 6.07) is 3.16. The first-order valence-electron chi connectivity index (χ1n) is 9.48. The minimum absolute atomic E-state index is 0.106. The Morgan fingerprint density at radius 1 is 1.31 bits per heavy atom. The average molecular weight is 434 g/mol. The molecule has 2 aromatic heterocycles. The molecule has 1 aliphatic heterocycles. The van der Waals surface area contributed by atoms with Crippen LogP contribution in [0.1, 0.15) is 26.0 Å². The molecule has 0 spiro atoms. The molecule has 3 aromatic rings. The predicted molar refractivity (Wildman–Crippen MR) is 113 cm³/mol. The second-order valence-electron chi connectivity index (χ2n) is 7.12. The third-order valence-corrected chi connectivity index (χ3v) is 6.12. The van der Waals surface area contributed by atoms with Gasteiger partial charge in [0.2, 0.25) is 11.8 Å². The van der Waals surface area contributed by atoms with Gasteiger partial charge in [0.15, 0.2) is 0 Å². The quantitative estimate of drug-likeness (QED) is 0.659. The molecule has 9 heteroatoms. The lowest BCUT2D eigenvalue weighted by atomic mass is 10.0. The van der Waals surface area contributed by atoms with Crippen molar-refractivity contribution in [2.45, 2.75) is 39.4 Å². The normalized spacial score (nSPS) is 14.7. The van der Waals surface area contributed by atoms with Gasteiger partial charge in [0.25, 0.3) is 0 Å². The molecule has 152 valence electrons. The number of H-pyrrole nitrogens is 1. The summed E-state index contributed by atoms with van der Waals surface area (Å²) in [6.07, 6.45) is 3.92. The van der Waals surface area contributed by atoms with E-state index < -0.39 is 6.04 Å². The number of aromatic nitrogens is 3. The molecule has 29 heavy (non-hydrogen) atoms. The summed E-state index contributed by atoms with van der Waals surface area (Å²) in [5.74, 6) is -0.247. The number of carbonyl (C=O) groups excluding carboxylic acids is 2. The van der Waals surface area contributed by atoms with Crippen molar-refractivity contribution < 1.29 is 9.59 Å². The van der Waals surface area contributed by atoms with Gasteiger partial charge in [-0.15, -0.1) is 0 Å². The second-order valence-corrected chi connectivity index (χ2v) is 7.91. The molecule has 1 aromatic carbocycles. The number of carbonyl (C=O) groups is 2. The lowest BCUT2D eigenvalue weighted by Gasteiger charge is -2.32. The van der Waals surface area contributed by atoms with Gasteiger partial charge in [-0.2, -0.15) is 5.10 Å². The Morgan fingerprint density at radius 3 is 2.79 bits per heavy atom. The Bertz CT molecular complexity index is 1090. The van der Waals surface area contributed by atoms with Crippen molar-refractivity contribution in [1.82, 2.24) is 25.0 Å². The van der Waals surface area contributed by atoms with Crippen LogP contribution < -0.4 is 5.32 Å². The number of hydrogen-bond acceptors (Lipinski definition) is 3. The molecule has 4 rings (SSSR count). The molecule has 0 bridgehead atoms. The fourth-order valence-electron chi connectivity index (χ4n) is 3.90. The number of hydrogen-bond donors (Lipinski definition) is 2. The highest BCUT2D eigenvalue weighted by molar-refractivity contribution is 6.45. The summed E-state index contributed by atoms with van der Waals surface area (Å²) < 4.78 is 2.13. The first kappa shape index (κ1) is 19.8. The lowest BCUT2D eigenvalue weighted by molar-refractivity contribution is -0.137. The SMILES string of the molecule is CCC(=O)NC(C)C(=O)N1CCn2c(c(-c3cn[nH]c3)c3ccc(Cl)c(Cl)c32)C1. The van der Waals surface area contributed by atoms with Gasteiger partial charge in [-0.05, 0) is 13.0 Å². The zero-order valence-corrected chi connectivity index (χ0v) is 17.6. The number of amides is 2. The fourth-order valence-corrected chi connectivity index (χ4v) is 4.32. The number of nitrogens with one attached hydrogen (secondary N) is 2. The second kappa shape index (κ2) is 7.72. The summed E-state index contributed by atoms with van der Waals surface area (Å²) in [5, 5.41) is 11.6. The van der Waals surface area contributed by atoms with Crippen LogP contribution in [0.5, 0.6) is 0 Å². The first-order chi connectivity index (χ1) is 13.9. The molecular weight excluding hydrogens is 413 g/mol. The summed E-state index contributed by atoms with van der Waals surface area (Å²) in [4.78, 5) is 26.4. The number of fused-ring (bicyclic) bond motifs is 3. The van der Waals surface area contributed by atoms with Gasteiger partial charge in [0.1, 0.15) is 6.04 Å². The molecule has 0 saturated heterocycles. The minimum atomic E-state index is -0.575. The van der Waals surface area contributed by atoms with Crippen molar-refractivity contribution >= 4 is 45.9 Å². The zero-order chi connectivity index (χ0) is 20.7. The third kappa shape index (κ3) is 3.38. The van der Waals surface area contributed by atoms with Crippen molar-refractivity contribution in [3.05, 3.63) is 40.3 Å². The summed E-state index contributed by atoms with van der Waals surface area (Å²) in [5.41, 5.74) is 3.74. The number of nitrogens with zero attached hydrogens (tertiary/aromatic N) is 3. The molecule has 2 N–H and O–H groups in total. The fraction of sp³-hybridized carbons (Fsp3) is 0.350. The number of aromatic amines is 1. The maximum atomic E-state index is 12.9. The Labute approximate surface area is 178 Å². The van der Waals surface area contributed by atoms with Crippen LogP contribution in [-0.2, 0) is 22.7 Å². The maximum absolute atomic E-state index is 12.9. The number of halogens is 2. The van der Waals surface area contributed by atoms with Crippen LogP contribution in [0.4, 0.5) is 0 Å². The van der Waals surface area contributed by atoms with Crippen LogP contribution in [0.2, 0.25) is 10.0 Å². The van der Waals surface area contributed by atoms with Crippen LogP contribution in [0.25, 0.3) is 22.0 Å². The Kier molecular flexibility index (Phi) is 5.27. The van der Waals surface area contributed by atoms with Gasteiger partial charge in [0, 0.05) is 47.9 Å². The topological polar surface area (TPSA) is 83.0 Å². The summed E-state index contributed by atoms with van der Waals surface area (Å²) in [6.45, 7) is 5.00. The predicted octanol–water partition coefficient (Wildman–Crippen LogP) is 3.60. The molecule has 1 aliphatic rings. The van der Waals surface area contributed by atoms with E-state index in [1.165, 1.54) is 0 Å². The minimum Gasteiger partial charge on any atom is -0.345 e. The summed E-state index contributed by atoms with van der Waals surface area (Å²) >= 11 is 12.8. The van der Waals surface area contributed by atoms with Crippen LogP contribution in [0.15, 0.2) is 24.5 Å². The van der Waals surface area contributed by atoms with Crippen LogP contribution >= 0.6 is 23.2 Å². The molecular formula is C20H21Cl2N5O2. The number of benzene rings is 1. The third-order valence-electron chi connectivity index (χ3n) is 5.32. The molecule has 2 amide bonds. The van der Waals surface area contributed by atoms with E-state index in [4.69, 9.17) is 23.2 Å². The lowest BCUT2D eigenvalue weighted by Crippen LogP contribution is -2.49. The van der Waals surface area contributed by atoms with Crippen molar-refractivity contribution in [2.75, 3.05) is 6.54 Å². The first-order valence-corrected chi connectivity index (χ1v) is 10.2. The van der Waals surface area contributed by atoms with E-state index in [1.54, 1.807) is 31.0 Å². The van der Waals surface area contributed by atoms with Crippen LogP contribution in [-0.4, -0.2) is 44.1 Å². The molecule has 1 unspecified atom stereocenters. The Hall–Kier alpha value is -2.51. The molecule has 1 atom stereocenters. The van der Waals surface area contributed by atoms with E-state index in [-0.39, 0.29) is 11.8 Å². The van der Waals surface area contributed by atoms with Gasteiger partial charge in [-0.3, -0.25) is 14.7 Å². The van der Waals surface area contributed by atoms with Crippen molar-refractivity contribution in [3.8, 4) is 11.1 Å². The highest BCUT2D eigenvalue weighted by Crippen LogP contribution is 2.42. The van der Waals surface area contributed by atoms with E-state index in [2.05, 4.69) is 20.1 Å². The molecule has 0 radical (unpaired) electrons. The van der Waals surface area contributed by atoms with Gasteiger partial charge in [-0.25, -0.2) is 0 Å². The maximum Gasteiger partial charge on any atom is 0.245 e. The van der Waals surface area contributed by atoms with Gasteiger partial charge in [-0.1, -0.05) is 36.2 Å². The highest BCUT2D eigenvalue weighted by Gasteiger charge is 2.30. The Morgan fingerprint density at radius 2 is 2.10 bits per heavy atom. The Balaban J connectivity index is 1.77. The average Bonchev–Trinajstić information content (AvgIpc) is 3.35. The van der Waals surface area contributed by atoms with Crippen molar-refractivity contribution in [1.29, 1.82) is 0 Å². The van der Waals surface area contributed by atoms with E-state index >= 15 is 0 Å². The summed E-state index contributed by atoms with van der Waals surface area (Å²) in [7, 11) is 0. The highest BCUT2D eigenvalue weighted by atomic mass is 35.5. The van der Waals surface area contributed by atoms with Crippen molar-refractivity contribution in [3.63, 3.8) is 0 Å². The van der Waals surface area contributed by atoms with Gasteiger partial charge < -0.3 is 14.8 Å². The smallest absolute Gasteiger partial charge is 0.245 e. The van der Waals surface area contributed by atoms with Crippen LogP contribution in [0, 0.1) is 0 Å². The van der Waals surface area contributed by atoms with Gasteiger partial charge in [0.05, 0.1) is 28.3 Å². The molecule has 0 saturated carbocycles. The molecule has 0 aliphatic carbocycles.